The van der Waals surface area contributed by atoms with Crippen LogP contribution in [0.2, 0.25) is 0 Å². The number of hydrogen-bond acceptors (Lipinski definition) is 3. The summed E-state index contributed by atoms with van der Waals surface area (Å²) in [7, 11) is 0. The van der Waals surface area contributed by atoms with Crippen LogP contribution in [0.5, 0.6) is 0 Å². The van der Waals surface area contributed by atoms with Gasteiger partial charge in [-0.25, -0.2) is 0 Å². The molecule has 1 fully saturated rings. The first-order chi connectivity index (χ1) is 9.50. The molecule has 0 bridgehead atoms. The van der Waals surface area contributed by atoms with Crippen LogP contribution >= 0.6 is 0 Å². The molecule has 0 atom stereocenters. The van der Waals surface area contributed by atoms with E-state index in [0.29, 0.717) is 32.2 Å². The highest BCUT2D eigenvalue weighted by Crippen LogP contribution is 2.17. The summed E-state index contributed by atoms with van der Waals surface area (Å²) in [4.78, 5) is 25.0. The van der Waals surface area contributed by atoms with Gasteiger partial charge in [0.1, 0.15) is 0 Å². The molecule has 1 aliphatic heterocycles. The Labute approximate surface area is 122 Å². The van der Waals surface area contributed by atoms with Crippen LogP contribution in [0.25, 0.3) is 0 Å². The highest BCUT2D eigenvalue weighted by Gasteiger charge is 2.25. The van der Waals surface area contributed by atoms with Crippen molar-refractivity contribution in [1.82, 2.24) is 10.2 Å². The number of nitrogens with zero attached hydrogens (tertiary/aromatic N) is 1. The average molecular weight is 284 g/mol. The van der Waals surface area contributed by atoms with Crippen molar-refractivity contribution in [3.63, 3.8) is 0 Å². The highest BCUT2D eigenvalue weighted by molar-refractivity contribution is 5.79. The lowest BCUT2D eigenvalue weighted by Crippen LogP contribution is -2.42. The van der Waals surface area contributed by atoms with Crippen molar-refractivity contribution in [2.45, 2.75) is 40.0 Å². The minimum atomic E-state index is 0.0576. The normalized spacial score (nSPS) is 16.5. The third kappa shape index (κ3) is 6.37. The molecule has 0 aromatic rings. The number of likely N-dealkylation sites (tertiary alicyclic amines) is 1. The van der Waals surface area contributed by atoms with Gasteiger partial charge in [0.2, 0.25) is 11.8 Å². The molecule has 0 spiro atoms. The lowest BCUT2D eigenvalue weighted by Gasteiger charge is -2.30. The Balaban J connectivity index is 2.07. The fraction of sp³-hybridized carbons (Fsp3) is 0.867. The van der Waals surface area contributed by atoms with E-state index in [1.807, 2.05) is 4.90 Å². The summed E-state index contributed by atoms with van der Waals surface area (Å²) in [5.41, 5.74) is 0. The standard InChI is InChI=1S/C15H28N2O3/c1-12(2)11-20-10-4-7-16-15(19)14-5-8-17(9-6-14)13(3)18/h12,14H,4-11H2,1-3H3,(H,16,19). The van der Waals surface area contributed by atoms with E-state index in [4.69, 9.17) is 4.74 Å². The van der Waals surface area contributed by atoms with Crippen molar-refractivity contribution in [3.05, 3.63) is 0 Å². The van der Waals surface area contributed by atoms with Gasteiger partial charge >= 0.3 is 0 Å². The highest BCUT2D eigenvalue weighted by atomic mass is 16.5. The Morgan fingerprint density at radius 2 is 1.95 bits per heavy atom. The zero-order valence-corrected chi connectivity index (χ0v) is 13.0. The van der Waals surface area contributed by atoms with Crippen molar-refractivity contribution in [2.75, 3.05) is 32.8 Å². The number of carbonyl (C=O) groups is 2. The first-order valence-electron chi connectivity index (χ1n) is 7.61. The van der Waals surface area contributed by atoms with Crippen molar-refractivity contribution >= 4 is 11.8 Å². The van der Waals surface area contributed by atoms with E-state index in [1.165, 1.54) is 0 Å². The molecule has 5 nitrogen and oxygen atoms in total. The average Bonchev–Trinajstić information content (AvgIpc) is 2.42. The maximum Gasteiger partial charge on any atom is 0.223 e. The van der Waals surface area contributed by atoms with Crippen LogP contribution in [0.1, 0.15) is 40.0 Å². The number of ether oxygens (including phenoxy) is 1. The molecule has 1 heterocycles. The summed E-state index contributed by atoms with van der Waals surface area (Å²) in [6, 6.07) is 0. The first kappa shape index (κ1) is 17.0. The van der Waals surface area contributed by atoms with Crippen molar-refractivity contribution in [1.29, 1.82) is 0 Å². The predicted octanol–water partition coefficient (Wildman–Crippen LogP) is 1.42. The van der Waals surface area contributed by atoms with Crippen LogP contribution in [0.4, 0.5) is 0 Å². The molecule has 0 unspecified atom stereocenters. The maximum absolute atomic E-state index is 12.0. The minimum absolute atomic E-state index is 0.0576. The van der Waals surface area contributed by atoms with Crippen molar-refractivity contribution in [3.8, 4) is 0 Å². The van der Waals surface area contributed by atoms with Gasteiger partial charge in [0.15, 0.2) is 0 Å². The number of nitrogens with one attached hydrogen (secondary N) is 1. The summed E-state index contributed by atoms with van der Waals surface area (Å²) < 4.78 is 5.47. The monoisotopic (exact) mass is 284 g/mol. The van der Waals surface area contributed by atoms with Gasteiger partial charge < -0.3 is 15.0 Å². The number of rotatable bonds is 7. The second kappa shape index (κ2) is 8.95. The van der Waals surface area contributed by atoms with E-state index in [0.717, 1.165) is 25.9 Å². The fourth-order valence-electron chi connectivity index (χ4n) is 2.31. The molecule has 1 saturated heterocycles. The van der Waals surface area contributed by atoms with Gasteiger partial charge in [-0.05, 0) is 25.2 Å². The molecule has 0 radical (unpaired) electrons. The quantitative estimate of drug-likeness (QED) is 0.719. The summed E-state index contributed by atoms with van der Waals surface area (Å²) in [5.74, 6) is 0.835. The van der Waals surface area contributed by atoms with Gasteiger partial charge in [0.25, 0.3) is 0 Å². The van der Waals surface area contributed by atoms with Crippen LogP contribution in [0.3, 0.4) is 0 Å². The molecule has 0 aliphatic carbocycles. The van der Waals surface area contributed by atoms with E-state index < -0.39 is 0 Å². The molecular weight excluding hydrogens is 256 g/mol. The lowest BCUT2D eigenvalue weighted by molar-refractivity contribution is -0.133. The molecule has 5 heteroatoms. The Morgan fingerprint density at radius 1 is 1.30 bits per heavy atom. The van der Waals surface area contributed by atoms with E-state index in [2.05, 4.69) is 19.2 Å². The lowest BCUT2D eigenvalue weighted by atomic mass is 9.96. The number of piperidine rings is 1. The van der Waals surface area contributed by atoms with Crippen LogP contribution in [0, 0.1) is 11.8 Å². The Bertz CT molecular complexity index is 310. The zero-order chi connectivity index (χ0) is 15.0. The summed E-state index contributed by atoms with van der Waals surface area (Å²) >= 11 is 0. The van der Waals surface area contributed by atoms with Gasteiger partial charge in [-0.1, -0.05) is 13.8 Å². The van der Waals surface area contributed by atoms with Crippen LogP contribution in [0.15, 0.2) is 0 Å². The minimum Gasteiger partial charge on any atom is -0.381 e. The van der Waals surface area contributed by atoms with E-state index in [1.54, 1.807) is 6.92 Å². The Hall–Kier alpha value is -1.10. The summed E-state index contributed by atoms with van der Waals surface area (Å²) in [6.45, 7) is 9.36. The molecular formula is C15H28N2O3. The third-order valence-corrected chi connectivity index (χ3v) is 3.53. The predicted molar refractivity (Wildman–Crippen MR) is 78.3 cm³/mol. The van der Waals surface area contributed by atoms with Gasteiger partial charge in [0, 0.05) is 45.7 Å². The molecule has 0 aromatic carbocycles. The van der Waals surface area contributed by atoms with Crippen molar-refractivity contribution in [2.24, 2.45) is 11.8 Å². The second-order valence-corrected chi connectivity index (χ2v) is 5.89. The van der Waals surface area contributed by atoms with E-state index in [9.17, 15) is 9.59 Å². The Kier molecular flexibility index (Phi) is 7.59. The van der Waals surface area contributed by atoms with Crippen LogP contribution in [-0.2, 0) is 14.3 Å². The second-order valence-electron chi connectivity index (χ2n) is 5.89. The molecule has 1 N–H and O–H groups in total. The van der Waals surface area contributed by atoms with Gasteiger partial charge in [-0.3, -0.25) is 9.59 Å². The smallest absolute Gasteiger partial charge is 0.223 e. The molecule has 0 saturated carbocycles. The third-order valence-electron chi connectivity index (χ3n) is 3.53. The number of amides is 2. The molecule has 0 aromatic heterocycles. The van der Waals surface area contributed by atoms with E-state index in [-0.39, 0.29) is 17.7 Å². The molecule has 1 aliphatic rings. The topological polar surface area (TPSA) is 58.6 Å². The van der Waals surface area contributed by atoms with Crippen molar-refractivity contribution < 1.29 is 14.3 Å². The maximum atomic E-state index is 12.0. The van der Waals surface area contributed by atoms with Crippen LogP contribution in [-0.4, -0.2) is 49.6 Å². The number of carbonyl (C=O) groups excluding carboxylic acids is 2. The molecule has 1 rings (SSSR count). The van der Waals surface area contributed by atoms with Gasteiger partial charge in [-0.2, -0.15) is 0 Å². The largest absolute Gasteiger partial charge is 0.381 e. The van der Waals surface area contributed by atoms with E-state index >= 15 is 0 Å². The Morgan fingerprint density at radius 3 is 2.50 bits per heavy atom. The van der Waals surface area contributed by atoms with Gasteiger partial charge in [0.05, 0.1) is 0 Å². The summed E-state index contributed by atoms with van der Waals surface area (Å²) in [6.07, 6.45) is 2.40. The molecule has 116 valence electrons. The molecule has 2 amide bonds. The SMILES string of the molecule is CC(=O)N1CCC(C(=O)NCCCOCC(C)C)CC1. The first-order valence-corrected chi connectivity index (χ1v) is 7.61. The van der Waals surface area contributed by atoms with Crippen LogP contribution < -0.4 is 5.32 Å². The molecule has 20 heavy (non-hydrogen) atoms. The van der Waals surface area contributed by atoms with Gasteiger partial charge in [-0.15, -0.1) is 0 Å². The zero-order valence-electron chi connectivity index (χ0n) is 13.0. The fourth-order valence-corrected chi connectivity index (χ4v) is 2.31. The summed E-state index contributed by atoms with van der Waals surface area (Å²) in [5, 5.41) is 2.96. The number of hydrogen-bond donors (Lipinski definition) is 1.